The quantitative estimate of drug-likeness (QED) is 0.716. The number of thioether (sulfide) groups is 1. The van der Waals surface area contributed by atoms with E-state index in [9.17, 15) is 9.59 Å². The number of nitrogens with zero attached hydrogens (tertiary/aromatic N) is 1. The molecule has 1 unspecified atom stereocenters. The smallest absolute Gasteiger partial charge is 0.333 e. The molecule has 0 amide bonds. The maximum absolute atomic E-state index is 11.1. The highest BCUT2D eigenvalue weighted by Crippen LogP contribution is 2.27. The Kier molecular flexibility index (Phi) is 3.29. The number of carboxylic acid groups (broad SMARTS) is 1. The van der Waals surface area contributed by atoms with E-state index in [1.165, 1.54) is 0 Å². The standard InChI is InChI=1S/C11H11NO3S/c13-6-8-2-1-3-9(11(14)15)10(8)12-4-5-16-7-12/h1-3,10H,4-5,7H2,(H,14,15). The van der Waals surface area contributed by atoms with Crippen LogP contribution in [-0.2, 0) is 9.59 Å². The first-order chi connectivity index (χ1) is 7.74. The molecular formula is C11H11NO3S. The molecule has 0 saturated carbocycles. The van der Waals surface area contributed by atoms with E-state index in [4.69, 9.17) is 5.11 Å². The highest BCUT2D eigenvalue weighted by molar-refractivity contribution is 7.99. The van der Waals surface area contributed by atoms with Crippen molar-refractivity contribution < 1.29 is 14.7 Å². The van der Waals surface area contributed by atoms with Crippen molar-refractivity contribution in [1.29, 1.82) is 0 Å². The maximum Gasteiger partial charge on any atom is 0.333 e. The Bertz CT molecular complexity index is 415. The predicted molar refractivity (Wildman–Crippen MR) is 61.9 cm³/mol. The van der Waals surface area contributed by atoms with Gasteiger partial charge in [0.2, 0.25) is 0 Å². The molecule has 1 aliphatic heterocycles. The zero-order chi connectivity index (χ0) is 11.5. The van der Waals surface area contributed by atoms with Crippen LogP contribution in [0.3, 0.4) is 0 Å². The van der Waals surface area contributed by atoms with Crippen molar-refractivity contribution >= 4 is 23.7 Å². The number of allylic oxidation sites excluding steroid dienone is 2. The molecule has 0 aromatic carbocycles. The summed E-state index contributed by atoms with van der Waals surface area (Å²) in [6.45, 7) is 0.805. The van der Waals surface area contributed by atoms with Crippen LogP contribution in [0.5, 0.6) is 0 Å². The summed E-state index contributed by atoms with van der Waals surface area (Å²) in [5.74, 6) is 2.60. The van der Waals surface area contributed by atoms with E-state index in [2.05, 4.69) is 0 Å². The molecule has 4 nitrogen and oxygen atoms in total. The van der Waals surface area contributed by atoms with Crippen molar-refractivity contribution in [2.75, 3.05) is 18.2 Å². The summed E-state index contributed by atoms with van der Waals surface area (Å²) >= 11 is 1.74. The lowest BCUT2D eigenvalue weighted by atomic mass is 9.93. The summed E-state index contributed by atoms with van der Waals surface area (Å²) in [4.78, 5) is 23.9. The average Bonchev–Trinajstić information content (AvgIpc) is 2.81. The van der Waals surface area contributed by atoms with Gasteiger partial charge in [0, 0.05) is 18.2 Å². The molecule has 0 spiro atoms. The minimum absolute atomic E-state index is 0.253. The van der Waals surface area contributed by atoms with Crippen LogP contribution in [0.25, 0.3) is 0 Å². The lowest BCUT2D eigenvalue weighted by Gasteiger charge is -2.28. The van der Waals surface area contributed by atoms with Crippen molar-refractivity contribution in [3.8, 4) is 0 Å². The second kappa shape index (κ2) is 4.70. The molecular weight excluding hydrogens is 226 g/mol. The summed E-state index contributed by atoms with van der Waals surface area (Å²) < 4.78 is 0. The molecule has 2 aliphatic rings. The molecule has 0 radical (unpaired) electrons. The Morgan fingerprint density at radius 2 is 2.44 bits per heavy atom. The van der Waals surface area contributed by atoms with Gasteiger partial charge in [-0.1, -0.05) is 6.08 Å². The largest absolute Gasteiger partial charge is 0.478 e. The lowest BCUT2D eigenvalue weighted by Crippen LogP contribution is -2.39. The molecule has 0 aromatic rings. The number of hydrogen-bond acceptors (Lipinski definition) is 4. The zero-order valence-corrected chi connectivity index (χ0v) is 9.37. The van der Waals surface area contributed by atoms with E-state index in [1.807, 2.05) is 10.8 Å². The fourth-order valence-corrected chi connectivity index (χ4v) is 2.91. The first-order valence-corrected chi connectivity index (χ1v) is 6.08. The molecule has 1 aliphatic carbocycles. The Hall–Kier alpha value is -1.29. The minimum Gasteiger partial charge on any atom is -0.478 e. The minimum atomic E-state index is -0.973. The van der Waals surface area contributed by atoms with E-state index in [0.29, 0.717) is 5.57 Å². The summed E-state index contributed by atoms with van der Waals surface area (Å²) in [6.07, 6.45) is 4.77. The van der Waals surface area contributed by atoms with Crippen LogP contribution in [-0.4, -0.2) is 46.1 Å². The Morgan fingerprint density at radius 1 is 1.62 bits per heavy atom. The van der Waals surface area contributed by atoms with Gasteiger partial charge in [0.1, 0.15) is 5.94 Å². The predicted octanol–water partition coefficient (Wildman–Crippen LogP) is 0.700. The zero-order valence-electron chi connectivity index (χ0n) is 8.55. The fraction of sp³-hybridized carbons (Fsp3) is 0.364. The van der Waals surface area contributed by atoms with Crippen molar-refractivity contribution in [3.05, 3.63) is 29.4 Å². The van der Waals surface area contributed by atoms with E-state index >= 15 is 0 Å². The van der Waals surface area contributed by atoms with Crippen molar-refractivity contribution in [1.82, 2.24) is 4.90 Å². The number of aliphatic carboxylic acids is 1. The molecule has 0 aromatic heterocycles. The van der Waals surface area contributed by atoms with Gasteiger partial charge < -0.3 is 5.11 Å². The molecule has 1 atom stereocenters. The molecule has 2 rings (SSSR count). The molecule has 1 N–H and O–H groups in total. The Morgan fingerprint density at radius 3 is 3.00 bits per heavy atom. The van der Waals surface area contributed by atoms with Gasteiger partial charge in [0.25, 0.3) is 0 Å². The third kappa shape index (κ3) is 1.97. The average molecular weight is 237 g/mol. The second-order valence-corrected chi connectivity index (χ2v) is 4.67. The van der Waals surface area contributed by atoms with E-state index in [0.717, 1.165) is 18.2 Å². The molecule has 84 valence electrons. The SMILES string of the molecule is O=C=C1C=CC=C(C(=O)O)C1N1CCSC1. The third-order valence-corrected chi connectivity index (χ3v) is 3.64. The van der Waals surface area contributed by atoms with Gasteiger partial charge >= 0.3 is 5.97 Å². The van der Waals surface area contributed by atoms with Crippen LogP contribution in [0.2, 0.25) is 0 Å². The normalized spacial score (nSPS) is 25.4. The van der Waals surface area contributed by atoms with Gasteiger partial charge in [-0.15, -0.1) is 11.8 Å². The van der Waals surface area contributed by atoms with Gasteiger partial charge in [0.05, 0.1) is 17.2 Å². The number of rotatable bonds is 2. The first kappa shape index (κ1) is 11.2. The number of carboxylic acids is 1. The third-order valence-electron chi connectivity index (χ3n) is 2.65. The van der Waals surface area contributed by atoms with Crippen molar-refractivity contribution in [2.24, 2.45) is 0 Å². The topological polar surface area (TPSA) is 57.6 Å². The van der Waals surface area contributed by atoms with Crippen LogP contribution in [0.1, 0.15) is 0 Å². The van der Waals surface area contributed by atoms with Crippen molar-refractivity contribution in [3.63, 3.8) is 0 Å². The number of carbonyl (C=O) groups is 1. The highest BCUT2D eigenvalue weighted by Gasteiger charge is 2.32. The maximum atomic E-state index is 11.1. The summed E-state index contributed by atoms with van der Waals surface area (Å²) in [5.41, 5.74) is 0.658. The number of carbonyl (C=O) groups excluding carboxylic acids is 1. The molecule has 16 heavy (non-hydrogen) atoms. The van der Waals surface area contributed by atoms with E-state index in [-0.39, 0.29) is 5.57 Å². The molecule has 1 fully saturated rings. The Balaban J connectivity index is 2.35. The Labute approximate surface area is 97.3 Å². The first-order valence-electron chi connectivity index (χ1n) is 4.92. The molecule has 1 heterocycles. The van der Waals surface area contributed by atoms with Gasteiger partial charge in [0.15, 0.2) is 0 Å². The van der Waals surface area contributed by atoms with E-state index < -0.39 is 12.0 Å². The summed E-state index contributed by atoms with van der Waals surface area (Å²) in [5, 5.41) is 9.10. The molecule has 5 heteroatoms. The van der Waals surface area contributed by atoms with E-state index in [1.54, 1.807) is 30.0 Å². The summed E-state index contributed by atoms with van der Waals surface area (Å²) in [7, 11) is 0. The van der Waals surface area contributed by atoms with Crippen LogP contribution >= 0.6 is 11.8 Å². The lowest BCUT2D eigenvalue weighted by molar-refractivity contribution is -0.133. The van der Waals surface area contributed by atoms with Crippen LogP contribution in [0, 0.1) is 0 Å². The van der Waals surface area contributed by atoms with Gasteiger partial charge in [-0.2, -0.15) is 0 Å². The second-order valence-electron chi connectivity index (χ2n) is 3.60. The number of hydrogen-bond donors (Lipinski definition) is 1. The summed E-state index contributed by atoms with van der Waals surface area (Å²) in [6, 6.07) is -0.435. The van der Waals surface area contributed by atoms with Crippen LogP contribution in [0.15, 0.2) is 29.4 Å². The van der Waals surface area contributed by atoms with Gasteiger partial charge in [-0.3, -0.25) is 4.90 Å². The van der Waals surface area contributed by atoms with Gasteiger partial charge in [-0.05, 0) is 12.2 Å². The fourth-order valence-electron chi connectivity index (χ4n) is 1.91. The highest BCUT2D eigenvalue weighted by atomic mass is 32.2. The van der Waals surface area contributed by atoms with Crippen molar-refractivity contribution in [2.45, 2.75) is 6.04 Å². The monoisotopic (exact) mass is 237 g/mol. The van der Waals surface area contributed by atoms with Gasteiger partial charge in [-0.25, -0.2) is 9.59 Å². The van der Waals surface area contributed by atoms with Crippen LogP contribution in [0.4, 0.5) is 0 Å². The molecule has 1 saturated heterocycles. The van der Waals surface area contributed by atoms with Crippen LogP contribution < -0.4 is 0 Å². The molecule has 0 bridgehead atoms.